The molecule has 2 aliphatic heterocycles. The van der Waals surface area contributed by atoms with Gasteiger partial charge < -0.3 is 19.2 Å². The largest absolute Gasteiger partial charge is 0.459 e. The summed E-state index contributed by atoms with van der Waals surface area (Å²) in [7, 11) is -0.974. The molecule has 2 aromatic rings. The molecule has 6 rings (SSSR count). The van der Waals surface area contributed by atoms with E-state index in [9.17, 15) is 19.7 Å². The molecule has 4 atom stereocenters. The molecule has 4 aliphatic rings. The average Bonchev–Trinajstić information content (AvgIpc) is 3.57. The van der Waals surface area contributed by atoms with Gasteiger partial charge >= 0.3 is 7.12 Å². The molecule has 1 aromatic carbocycles. The molecule has 2 saturated heterocycles. The van der Waals surface area contributed by atoms with Gasteiger partial charge in [0.2, 0.25) is 11.8 Å². The molecule has 0 unspecified atom stereocenters. The van der Waals surface area contributed by atoms with Crippen molar-refractivity contribution >= 4 is 30.6 Å². The van der Waals surface area contributed by atoms with Crippen LogP contribution < -0.4 is 0 Å². The van der Waals surface area contributed by atoms with Crippen molar-refractivity contribution < 1.29 is 28.8 Å². The Morgan fingerprint density at radius 1 is 1.05 bits per heavy atom. The van der Waals surface area contributed by atoms with Crippen LogP contribution in [0.2, 0.25) is 6.32 Å². The summed E-state index contributed by atoms with van der Waals surface area (Å²) in [5, 5.41) is 20.4. The maximum atomic E-state index is 14.0. The van der Waals surface area contributed by atoms with Crippen LogP contribution in [0.5, 0.6) is 0 Å². The third kappa shape index (κ3) is 5.69. The molecule has 0 radical (unpaired) electrons. The van der Waals surface area contributed by atoms with Gasteiger partial charge in [-0.25, -0.2) is 0 Å². The predicted molar refractivity (Wildman–Crippen MR) is 162 cm³/mol. The number of imide groups is 1. The molecule has 3 fully saturated rings. The van der Waals surface area contributed by atoms with E-state index in [0.717, 1.165) is 55.2 Å². The van der Waals surface area contributed by atoms with Crippen LogP contribution in [-0.2, 0) is 20.9 Å². The average molecular weight is 572 g/mol. The fraction of sp³-hybridized carbons (Fsp3) is 0.529. The van der Waals surface area contributed by atoms with Crippen molar-refractivity contribution in [3.8, 4) is 0 Å². The Morgan fingerprint density at radius 3 is 2.55 bits per heavy atom. The number of carbonyl (C=O) groups is 2. The molecule has 2 N–H and O–H groups in total. The highest BCUT2D eigenvalue weighted by Crippen LogP contribution is 2.52. The predicted octanol–water partition coefficient (Wildman–Crippen LogP) is 6.02. The van der Waals surface area contributed by atoms with Gasteiger partial charge in [-0.2, -0.15) is 0 Å². The monoisotopic (exact) mass is 571 g/mol. The number of aliphatic hydroxyl groups excluding tert-OH is 1. The molecule has 1 aromatic heterocycles. The van der Waals surface area contributed by atoms with Crippen LogP contribution in [0.15, 0.2) is 58.0 Å². The van der Waals surface area contributed by atoms with Crippen LogP contribution in [-0.4, -0.2) is 46.1 Å². The summed E-state index contributed by atoms with van der Waals surface area (Å²) in [4.78, 5) is 29.4. The zero-order chi connectivity index (χ0) is 29.2. The van der Waals surface area contributed by atoms with Gasteiger partial charge in [0, 0.05) is 6.04 Å². The molecule has 42 heavy (non-hydrogen) atoms. The van der Waals surface area contributed by atoms with Crippen molar-refractivity contribution in [3.05, 3.63) is 70.7 Å². The second-order valence-corrected chi connectivity index (χ2v) is 12.4. The number of hydrogen-bond acceptors (Lipinski definition) is 6. The van der Waals surface area contributed by atoms with E-state index in [2.05, 4.69) is 19.1 Å². The molecule has 3 heterocycles. The van der Waals surface area contributed by atoms with E-state index in [1.54, 1.807) is 11.0 Å². The van der Waals surface area contributed by atoms with E-state index in [0.29, 0.717) is 37.1 Å². The maximum Gasteiger partial charge on any atom is 0.455 e. The van der Waals surface area contributed by atoms with Gasteiger partial charge in [-0.15, -0.1) is 0 Å². The van der Waals surface area contributed by atoms with E-state index < -0.39 is 13.0 Å². The van der Waals surface area contributed by atoms with Gasteiger partial charge in [0.05, 0.1) is 17.9 Å². The Balaban J connectivity index is 1.30. The lowest BCUT2D eigenvalue weighted by atomic mass is 9.58. The van der Waals surface area contributed by atoms with E-state index in [4.69, 9.17) is 9.07 Å². The molecular weight excluding hydrogens is 529 g/mol. The fourth-order valence-corrected chi connectivity index (χ4v) is 7.99. The number of fused-ring (bicyclic) bond motifs is 3. The Labute approximate surface area is 248 Å². The molecule has 7 nitrogen and oxygen atoms in total. The van der Waals surface area contributed by atoms with Crippen LogP contribution in [0, 0.1) is 17.8 Å². The van der Waals surface area contributed by atoms with Crippen LogP contribution >= 0.6 is 0 Å². The first kappa shape index (κ1) is 29.2. The summed E-state index contributed by atoms with van der Waals surface area (Å²) < 4.78 is 12.0. The molecule has 2 aliphatic carbocycles. The number of allylic oxidation sites excluding steroid dienone is 2. The minimum atomic E-state index is -0.974. The summed E-state index contributed by atoms with van der Waals surface area (Å²) in [6.07, 6.45) is 10.9. The minimum Gasteiger partial charge on any atom is -0.459 e. The highest BCUT2D eigenvalue weighted by molar-refractivity contribution is 6.43. The number of likely N-dealkylation sites (tertiary alicyclic amines) is 1. The quantitative estimate of drug-likeness (QED) is 0.217. The summed E-state index contributed by atoms with van der Waals surface area (Å²) in [6, 6.07) is 13.8. The smallest absolute Gasteiger partial charge is 0.455 e. The van der Waals surface area contributed by atoms with Crippen molar-refractivity contribution in [1.82, 2.24) is 4.90 Å². The van der Waals surface area contributed by atoms with Crippen LogP contribution in [0.4, 0.5) is 0 Å². The standard InChI is InChI=1S/C34H42BNO6/c1-2-9-24-19-28-32(34(39)36(33(28)38)25-12-7-4-8-13-25)29-20-35(40)42-30(31(24)29)17-14-23(22-10-5-3-6-11-22)18-26-15-16-27(21-37)41-26/h3,5-6,10-11,15-16,18,25,28-30,32,37,40H,2,4,7-9,12-14,17,19-21H2,1H3/b23-18-/t28-,29+,30-,32-/m1/s1. The zero-order valence-corrected chi connectivity index (χ0v) is 24.5. The van der Waals surface area contributed by atoms with E-state index in [1.807, 2.05) is 30.3 Å². The van der Waals surface area contributed by atoms with Crippen molar-refractivity contribution in [1.29, 1.82) is 0 Å². The normalized spacial score (nSPS) is 27.1. The number of aliphatic hydroxyl groups is 1. The van der Waals surface area contributed by atoms with E-state index in [1.165, 1.54) is 12.0 Å². The SMILES string of the molecule is CCCC1=C2[C@@H](CC/C(=C/c3ccc(CO)o3)c3ccccc3)OB(O)C[C@@H]2[C@@H]2C(=O)N(C3CCCCC3)C(=O)[C@@H]2C1. The Hall–Kier alpha value is -2.94. The first-order chi connectivity index (χ1) is 20.5. The van der Waals surface area contributed by atoms with E-state index >= 15 is 0 Å². The molecule has 8 heteroatoms. The fourth-order valence-electron chi connectivity index (χ4n) is 7.99. The molecule has 1 saturated carbocycles. The van der Waals surface area contributed by atoms with Crippen molar-refractivity contribution in [2.75, 3.05) is 0 Å². The second kappa shape index (κ2) is 12.7. The summed E-state index contributed by atoms with van der Waals surface area (Å²) >= 11 is 0. The third-order valence-corrected chi connectivity index (χ3v) is 9.81. The maximum absolute atomic E-state index is 14.0. The van der Waals surface area contributed by atoms with Gasteiger partial charge in [-0.3, -0.25) is 14.5 Å². The van der Waals surface area contributed by atoms with Gasteiger partial charge in [0.15, 0.2) is 0 Å². The zero-order valence-electron chi connectivity index (χ0n) is 24.5. The topological polar surface area (TPSA) is 100 Å². The Morgan fingerprint density at radius 2 is 1.83 bits per heavy atom. The van der Waals surface area contributed by atoms with Crippen molar-refractivity contribution in [2.45, 2.75) is 96.2 Å². The molecule has 2 amide bonds. The van der Waals surface area contributed by atoms with Crippen LogP contribution in [0.1, 0.15) is 88.2 Å². The lowest BCUT2D eigenvalue weighted by Crippen LogP contribution is -2.46. The van der Waals surface area contributed by atoms with Gasteiger partial charge in [0.1, 0.15) is 18.1 Å². The van der Waals surface area contributed by atoms with Crippen LogP contribution in [0.25, 0.3) is 11.6 Å². The summed E-state index contributed by atoms with van der Waals surface area (Å²) in [5.41, 5.74) is 4.54. The number of nitrogens with zero attached hydrogens (tertiary/aromatic N) is 1. The molecule has 0 bridgehead atoms. The minimum absolute atomic E-state index is 0.0112. The molecule has 0 spiro atoms. The lowest BCUT2D eigenvalue weighted by molar-refractivity contribution is -0.143. The Bertz CT molecular complexity index is 1340. The number of benzene rings is 1. The number of hydrogen-bond donors (Lipinski definition) is 2. The number of carbonyl (C=O) groups excluding carboxylic acids is 2. The highest BCUT2D eigenvalue weighted by Gasteiger charge is 2.58. The highest BCUT2D eigenvalue weighted by atomic mass is 16.5. The number of amides is 2. The number of rotatable bonds is 9. The van der Waals surface area contributed by atoms with Gasteiger partial charge in [-0.1, -0.05) is 68.5 Å². The van der Waals surface area contributed by atoms with Crippen molar-refractivity contribution in [3.63, 3.8) is 0 Å². The molecular formula is C34H42BNO6. The van der Waals surface area contributed by atoms with E-state index in [-0.39, 0.29) is 42.4 Å². The summed E-state index contributed by atoms with van der Waals surface area (Å²) in [5.74, 6) is 0.275. The second-order valence-electron chi connectivity index (χ2n) is 12.4. The lowest BCUT2D eigenvalue weighted by Gasteiger charge is -2.43. The van der Waals surface area contributed by atoms with Crippen molar-refractivity contribution in [2.24, 2.45) is 17.8 Å². The van der Waals surface area contributed by atoms with Gasteiger partial charge in [0.25, 0.3) is 0 Å². The molecule has 222 valence electrons. The first-order valence-corrected chi connectivity index (χ1v) is 15.9. The van der Waals surface area contributed by atoms with Gasteiger partial charge in [-0.05, 0) is 85.7 Å². The van der Waals surface area contributed by atoms with Crippen LogP contribution in [0.3, 0.4) is 0 Å². The summed E-state index contributed by atoms with van der Waals surface area (Å²) in [6.45, 7) is 2.00. The third-order valence-electron chi connectivity index (χ3n) is 9.81. The first-order valence-electron chi connectivity index (χ1n) is 15.9. The Kier molecular flexibility index (Phi) is 8.84. The number of furan rings is 1.